The number of aromatic nitrogens is 1. The van der Waals surface area contributed by atoms with Gasteiger partial charge in [0, 0.05) is 11.6 Å². The SMILES string of the molecule is Fc1ccc2[c]nccc2c1. The van der Waals surface area contributed by atoms with E-state index in [9.17, 15) is 4.39 Å². The van der Waals surface area contributed by atoms with Gasteiger partial charge in [0.15, 0.2) is 0 Å². The minimum absolute atomic E-state index is 0.225. The van der Waals surface area contributed by atoms with Crippen molar-refractivity contribution in [2.45, 2.75) is 0 Å². The second kappa shape index (κ2) is 2.31. The van der Waals surface area contributed by atoms with E-state index in [0.717, 1.165) is 10.8 Å². The van der Waals surface area contributed by atoms with Gasteiger partial charge in [-0.15, -0.1) is 0 Å². The smallest absolute Gasteiger partial charge is 0.123 e. The molecule has 0 spiro atoms. The van der Waals surface area contributed by atoms with Crippen molar-refractivity contribution in [3.8, 4) is 0 Å². The Morgan fingerprint density at radius 3 is 3.09 bits per heavy atom. The van der Waals surface area contributed by atoms with Crippen LogP contribution in [0.4, 0.5) is 4.39 Å². The zero-order valence-corrected chi connectivity index (χ0v) is 5.71. The number of benzene rings is 1. The Morgan fingerprint density at radius 2 is 2.18 bits per heavy atom. The molecule has 0 unspecified atom stereocenters. The van der Waals surface area contributed by atoms with Crippen LogP contribution < -0.4 is 0 Å². The number of nitrogens with zero attached hydrogens (tertiary/aromatic N) is 1. The summed E-state index contributed by atoms with van der Waals surface area (Å²) in [6.07, 6.45) is 4.36. The van der Waals surface area contributed by atoms with E-state index >= 15 is 0 Å². The predicted octanol–water partition coefficient (Wildman–Crippen LogP) is 2.17. The van der Waals surface area contributed by atoms with Crippen LogP contribution in [0, 0.1) is 12.0 Å². The highest BCUT2D eigenvalue weighted by atomic mass is 19.1. The fourth-order valence-electron chi connectivity index (χ4n) is 0.998. The van der Waals surface area contributed by atoms with Crippen molar-refractivity contribution in [2.24, 2.45) is 0 Å². The molecule has 0 saturated heterocycles. The predicted molar refractivity (Wildman–Crippen MR) is 40.5 cm³/mol. The van der Waals surface area contributed by atoms with E-state index in [-0.39, 0.29) is 5.82 Å². The van der Waals surface area contributed by atoms with Crippen molar-refractivity contribution in [1.82, 2.24) is 4.98 Å². The molecule has 0 fully saturated rings. The van der Waals surface area contributed by atoms with E-state index in [1.807, 2.05) is 0 Å². The first kappa shape index (κ1) is 6.28. The topological polar surface area (TPSA) is 12.9 Å². The molecule has 1 radical (unpaired) electrons. The highest BCUT2D eigenvalue weighted by Gasteiger charge is 1.93. The summed E-state index contributed by atoms with van der Waals surface area (Å²) in [6.45, 7) is 0. The Kier molecular flexibility index (Phi) is 1.32. The molecule has 2 aromatic rings. The fourth-order valence-corrected chi connectivity index (χ4v) is 0.998. The van der Waals surface area contributed by atoms with E-state index in [4.69, 9.17) is 0 Å². The van der Waals surface area contributed by atoms with Crippen molar-refractivity contribution in [1.29, 1.82) is 0 Å². The number of hydrogen-bond acceptors (Lipinski definition) is 1. The van der Waals surface area contributed by atoms with Crippen LogP contribution in [-0.4, -0.2) is 4.98 Å². The van der Waals surface area contributed by atoms with Gasteiger partial charge in [-0.25, -0.2) is 4.39 Å². The largest absolute Gasteiger partial charge is 0.254 e. The third kappa shape index (κ3) is 1.07. The van der Waals surface area contributed by atoms with Gasteiger partial charge in [-0.1, -0.05) is 0 Å². The summed E-state index contributed by atoms with van der Waals surface area (Å²) in [7, 11) is 0. The quantitative estimate of drug-likeness (QED) is 0.555. The summed E-state index contributed by atoms with van der Waals surface area (Å²) in [5.74, 6) is -0.225. The van der Waals surface area contributed by atoms with Gasteiger partial charge in [0.25, 0.3) is 0 Å². The number of rotatable bonds is 0. The lowest BCUT2D eigenvalue weighted by molar-refractivity contribution is 0.629. The van der Waals surface area contributed by atoms with Crippen molar-refractivity contribution in [3.05, 3.63) is 42.5 Å². The second-order valence-electron chi connectivity index (χ2n) is 2.29. The number of halogens is 1. The lowest BCUT2D eigenvalue weighted by atomic mass is 10.2. The highest BCUT2D eigenvalue weighted by Crippen LogP contribution is 2.12. The van der Waals surface area contributed by atoms with Crippen molar-refractivity contribution >= 4 is 10.8 Å². The molecular weight excluding hydrogens is 141 g/mol. The zero-order valence-electron chi connectivity index (χ0n) is 5.71. The van der Waals surface area contributed by atoms with E-state index in [1.54, 1.807) is 18.3 Å². The lowest BCUT2D eigenvalue weighted by Gasteiger charge is -1.93. The number of pyridine rings is 1. The fraction of sp³-hybridized carbons (Fsp3) is 0. The Bertz CT molecular complexity index is 384. The third-order valence-electron chi connectivity index (χ3n) is 1.53. The van der Waals surface area contributed by atoms with Gasteiger partial charge >= 0.3 is 0 Å². The van der Waals surface area contributed by atoms with E-state index in [2.05, 4.69) is 11.2 Å². The summed E-state index contributed by atoms with van der Waals surface area (Å²) in [6, 6.07) is 6.29. The van der Waals surface area contributed by atoms with E-state index < -0.39 is 0 Å². The van der Waals surface area contributed by atoms with Gasteiger partial charge < -0.3 is 0 Å². The van der Waals surface area contributed by atoms with Crippen LogP contribution in [0.2, 0.25) is 0 Å². The summed E-state index contributed by atoms with van der Waals surface area (Å²) >= 11 is 0. The Labute approximate surface area is 63.5 Å². The lowest BCUT2D eigenvalue weighted by Crippen LogP contribution is -1.77. The summed E-state index contributed by atoms with van der Waals surface area (Å²) in [4.78, 5) is 3.80. The van der Waals surface area contributed by atoms with Gasteiger partial charge in [-0.05, 0) is 29.7 Å². The molecular formula is C9H5FN. The van der Waals surface area contributed by atoms with Gasteiger partial charge in [-0.3, -0.25) is 4.98 Å². The highest BCUT2D eigenvalue weighted by molar-refractivity contribution is 5.80. The minimum atomic E-state index is -0.225. The Balaban J connectivity index is 2.83. The van der Waals surface area contributed by atoms with Crippen LogP contribution in [0.1, 0.15) is 0 Å². The molecule has 0 bridgehead atoms. The molecule has 0 N–H and O–H groups in total. The molecule has 11 heavy (non-hydrogen) atoms. The maximum atomic E-state index is 12.6. The van der Waals surface area contributed by atoms with Crippen LogP contribution in [0.15, 0.2) is 30.5 Å². The standard InChI is InChI=1S/C9H5FN/c10-9-2-1-8-6-11-4-3-7(8)5-9/h1-5H. The molecule has 1 heterocycles. The Morgan fingerprint density at radius 1 is 1.27 bits per heavy atom. The molecule has 0 aliphatic rings. The molecule has 0 amide bonds. The van der Waals surface area contributed by atoms with Gasteiger partial charge in [0.05, 0.1) is 6.20 Å². The first-order valence-corrected chi connectivity index (χ1v) is 3.28. The molecule has 53 valence electrons. The average Bonchev–Trinajstić information content (AvgIpc) is 2.04. The molecule has 0 saturated carbocycles. The van der Waals surface area contributed by atoms with Gasteiger partial charge in [0.1, 0.15) is 5.82 Å². The van der Waals surface area contributed by atoms with Crippen LogP contribution in [0.25, 0.3) is 10.8 Å². The van der Waals surface area contributed by atoms with Crippen LogP contribution >= 0.6 is 0 Å². The van der Waals surface area contributed by atoms with E-state index in [1.165, 1.54) is 12.1 Å². The van der Waals surface area contributed by atoms with Crippen LogP contribution in [-0.2, 0) is 0 Å². The summed E-state index contributed by atoms with van der Waals surface area (Å²) in [5, 5.41) is 1.67. The monoisotopic (exact) mass is 146 g/mol. The molecule has 0 atom stereocenters. The van der Waals surface area contributed by atoms with Crippen molar-refractivity contribution in [3.63, 3.8) is 0 Å². The molecule has 2 rings (SSSR count). The first-order valence-electron chi connectivity index (χ1n) is 3.28. The molecule has 1 aromatic heterocycles. The van der Waals surface area contributed by atoms with Crippen LogP contribution in [0.5, 0.6) is 0 Å². The zero-order chi connectivity index (χ0) is 7.68. The molecule has 0 aliphatic carbocycles. The number of fused-ring (bicyclic) bond motifs is 1. The molecule has 2 heteroatoms. The molecule has 1 aromatic carbocycles. The van der Waals surface area contributed by atoms with Crippen molar-refractivity contribution in [2.75, 3.05) is 0 Å². The maximum Gasteiger partial charge on any atom is 0.123 e. The van der Waals surface area contributed by atoms with E-state index in [0.29, 0.717) is 0 Å². The summed E-state index contributed by atoms with van der Waals surface area (Å²) < 4.78 is 12.6. The van der Waals surface area contributed by atoms with Crippen LogP contribution in [0.3, 0.4) is 0 Å². The van der Waals surface area contributed by atoms with Crippen molar-refractivity contribution < 1.29 is 4.39 Å². The van der Waals surface area contributed by atoms with Gasteiger partial charge in [0.2, 0.25) is 0 Å². The maximum absolute atomic E-state index is 12.6. The normalized spacial score (nSPS) is 10.3. The third-order valence-corrected chi connectivity index (χ3v) is 1.53. The first-order chi connectivity index (χ1) is 5.36. The number of hydrogen-bond donors (Lipinski definition) is 0. The summed E-state index contributed by atoms with van der Waals surface area (Å²) in [5.41, 5.74) is 0. The Hall–Kier alpha value is -1.44. The van der Waals surface area contributed by atoms with Gasteiger partial charge in [-0.2, -0.15) is 0 Å². The molecule has 0 aliphatic heterocycles. The molecule has 1 nitrogen and oxygen atoms in total. The second-order valence-corrected chi connectivity index (χ2v) is 2.29. The average molecular weight is 146 g/mol. The minimum Gasteiger partial charge on any atom is -0.254 e.